The summed E-state index contributed by atoms with van der Waals surface area (Å²) in [5.74, 6) is -0.00293. The molecule has 0 aliphatic heterocycles. The maximum atomic E-state index is 12.3. The van der Waals surface area contributed by atoms with Crippen molar-refractivity contribution in [2.45, 2.75) is 6.92 Å². The molecule has 0 aromatic carbocycles. The molecular formula is C18H16O3. The van der Waals surface area contributed by atoms with Gasteiger partial charge < -0.3 is 9.52 Å². The van der Waals surface area contributed by atoms with Crippen molar-refractivity contribution in [3.05, 3.63) is 95.7 Å². The van der Waals surface area contributed by atoms with Crippen molar-refractivity contribution in [1.82, 2.24) is 0 Å². The summed E-state index contributed by atoms with van der Waals surface area (Å²) in [4.78, 5) is 12.3. The first-order valence-corrected chi connectivity index (χ1v) is 6.55. The average molecular weight is 280 g/mol. The van der Waals surface area contributed by atoms with Gasteiger partial charge in [-0.25, -0.2) is 0 Å². The lowest BCUT2D eigenvalue weighted by atomic mass is 9.99. The van der Waals surface area contributed by atoms with Crippen LogP contribution in [0.15, 0.2) is 94.4 Å². The molecule has 1 aliphatic rings. The van der Waals surface area contributed by atoms with E-state index in [4.69, 9.17) is 4.42 Å². The smallest absolute Gasteiger partial charge is 0.228 e. The number of allylic oxidation sites excluding steroid dienone is 9. The number of furan rings is 1. The maximum Gasteiger partial charge on any atom is 0.228 e. The first kappa shape index (κ1) is 14.6. The van der Waals surface area contributed by atoms with Crippen LogP contribution in [0.1, 0.15) is 17.5 Å². The minimum atomic E-state index is -0.263. The van der Waals surface area contributed by atoms with Gasteiger partial charge in [0.25, 0.3) is 0 Å². The van der Waals surface area contributed by atoms with Gasteiger partial charge in [-0.2, -0.15) is 0 Å². The number of aliphatic hydroxyl groups excluding tert-OH is 1. The molecule has 0 spiro atoms. The Morgan fingerprint density at radius 1 is 1.43 bits per heavy atom. The molecule has 0 bridgehead atoms. The Kier molecular flexibility index (Phi) is 4.57. The summed E-state index contributed by atoms with van der Waals surface area (Å²) in [6.45, 7) is 5.56. The molecule has 106 valence electrons. The molecule has 0 radical (unpaired) electrons. The van der Waals surface area contributed by atoms with Crippen LogP contribution >= 0.6 is 0 Å². The van der Waals surface area contributed by atoms with Crippen molar-refractivity contribution in [2.75, 3.05) is 0 Å². The van der Waals surface area contributed by atoms with Crippen LogP contribution in [-0.2, 0) is 0 Å². The van der Waals surface area contributed by atoms with Gasteiger partial charge in [0.2, 0.25) is 5.78 Å². The predicted octanol–water partition coefficient (Wildman–Crippen LogP) is 4.46. The summed E-state index contributed by atoms with van der Waals surface area (Å²) in [7, 11) is 0. The molecule has 0 saturated carbocycles. The highest BCUT2D eigenvalue weighted by molar-refractivity contribution is 6.11. The van der Waals surface area contributed by atoms with Gasteiger partial charge in [-0.3, -0.25) is 4.79 Å². The van der Waals surface area contributed by atoms with E-state index in [1.807, 2.05) is 13.0 Å². The van der Waals surface area contributed by atoms with Crippen LogP contribution in [0, 0.1) is 0 Å². The fourth-order valence-corrected chi connectivity index (χ4v) is 1.96. The van der Waals surface area contributed by atoms with E-state index < -0.39 is 0 Å². The molecule has 21 heavy (non-hydrogen) atoms. The van der Waals surface area contributed by atoms with E-state index >= 15 is 0 Å². The van der Waals surface area contributed by atoms with E-state index in [1.165, 1.54) is 6.26 Å². The van der Waals surface area contributed by atoms with Gasteiger partial charge in [0.05, 0.1) is 6.26 Å². The van der Waals surface area contributed by atoms with Gasteiger partial charge in [0.1, 0.15) is 5.76 Å². The van der Waals surface area contributed by atoms with Gasteiger partial charge in [-0.05, 0) is 19.1 Å². The van der Waals surface area contributed by atoms with Crippen molar-refractivity contribution in [1.29, 1.82) is 0 Å². The van der Waals surface area contributed by atoms with Gasteiger partial charge in [-0.15, -0.1) is 0 Å². The Balaban J connectivity index is 2.40. The van der Waals surface area contributed by atoms with Gasteiger partial charge in [-0.1, -0.05) is 49.1 Å². The number of carbonyl (C=O) groups is 1. The topological polar surface area (TPSA) is 50.4 Å². The van der Waals surface area contributed by atoms with E-state index in [-0.39, 0.29) is 17.3 Å². The van der Waals surface area contributed by atoms with E-state index in [0.717, 1.165) is 0 Å². The number of rotatable bonds is 5. The minimum Gasteiger partial charge on any atom is -0.507 e. The number of Topliss-reactive ketones (excluding diaryl/α,β-unsaturated/α-hetero) is 1. The number of carbonyl (C=O) groups excluding carboxylic acids is 1. The molecule has 0 saturated heterocycles. The molecule has 3 nitrogen and oxygen atoms in total. The highest BCUT2D eigenvalue weighted by Crippen LogP contribution is 2.28. The largest absolute Gasteiger partial charge is 0.507 e. The molecular weight excluding hydrogens is 264 g/mol. The zero-order chi connectivity index (χ0) is 15.2. The van der Waals surface area contributed by atoms with E-state index in [9.17, 15) is 9.90 Å². The second-order valence-electron chi connectivity index (χ2n) is 4.36. The molecule has 1 aromatic heterocycles. The zero-order valence-corrected chi connectivity index (χ0v) is 11.7. The SMILES string of the molecule is C=C/C(=C\C=C/C)C(O)=C1C=CC=C1C(=O)c1ccco1. The Hall–Kier alpha value is -2.81. The summed E-state index contributed by atoms with van der Waals surface area (Å²) < 4.78 is 5.12. The first-order valence-electron chi connectivity index (χ1n) is 6.55. The fraction of sp³-hybridized carbons (Fsp3) is 0.0556. The summed E-state index contributed by atoms with van der Waals surface area (Å²) in [6, 6.07) is 3.25. The van der Waals surface area contributed by atoms with Crippen LogP contribution < -0.4 is 0 Å². The van der Waals surface area contributed by atoms with Crippen molar-refractivity contribution in [2.24, 2.45) is 0 Å². The number of aliphatic hydroxyl groups is 1. The van der Waals surface area contributed by atoms with Crippen molar-refractivity contribution in [3.63, 3.8) is 0 Å². The quantitative estimate of drug-likeness (QED) is 0.492. The monoisotopic (exact) mass is 280 g/mol. The summed E-state index contributed by atoms with van der Waals surface area (Å²) in [5, 5.41) is 10.4. The van der Waals surface area contributed by atoms with Crippen LogP contribution in [0.5, 0.6) is 0 Å². The van der Waals surface area contributed by atoms with Crippen LogP contribution in [0.3, 0.4) is 0 Å². The lowest BCUT2D eigenvalue weighted by molar-refractivity contribution is 0.101. The van der Waals surface area contributed by atoms with Crippen LogP contribution in [-0.4, -0.2) is 10.9 Å². The normalized spacial score (nSPS) is 17.2. The van der Waals surface area contributed by atoms with Gasteiger partial charge >= 0.3 is 0 Å². The molecule has 1 aliphatic carbocycles. The molecule has 0 unspecified atom stereocenters. The van der Waals surface area contributed by atoms with Crippen LogP contribution in [0.4, 0.5) is 0 Å². The second kappa shape index (κ2) is 6.57. The van der Waals surface area contributed by atoms with Crippen molar-refractivity contribution in [3.8, 4) is 0 Å². The summed E-state index contributed by atoms with van der Waals surface area (Å²) >= 11 is 0. The Morgan fingerprint density at radius 3 is 2.86 bits per heavy atom. The third kappa shape index (κ3) is 3.03. The Labute approximate surface area is 123 Å². The molecule has 0 fully saturated rings. The van der Waals surface area contributed by atoms with Crippen LogP contribution in [0.2, 0.25) is 0 Å². The van der Waals surface area contributed by atoms with Crippen molar-refractivity contribution < 1.29 is 14.3 Å². The minimum absolute atomic E-state index is 0.0167. The molecule has 0 atom stereocenters. The molecule has 0 amide bonds. The third-order valence-electron chi connectivity index (χ3n) is 3.02. The lowest BCUT2D eigenvalue weighted by Crippen LogP contribution is -2.05. The maximum absolute atomic E-state index is 12.3. The lowest BCUT2D eigenvalue weighted by Gasteiger charge is -2.07. The Bertz CT molecular complexity index is 693. The van der Waals surface area contributed by atoms with Gasteiger partial charge in [0.15, 0.2) is 5.76 Å². The average Bonchev–Trinajstić information content (AvgIpc) is 3.18. The second-order valence-corrected chi connectivity index (χ2v) is 4.36. The van der Waals surface area contributed by atoms with Crippen molar-refractivity contribution >= 4 is 5.78 Å². The fourth-order valence-electron chi connectivity index (χ4n) is 1.96. The van der Waals surface area contributed by atoms with E-state index in [1.54, 1.807) is 48.6 Å². The standard InChI is InChI=1S/C18H16O3/c1-3-5-8-13(4-2)17(19)14-9-6-10-15(14)18(20)16-11-7-12-21-16/h3-12,19H,2H2,1H3/b5-3-,13-8+,17-14?. The van der Waals surface area contributed by atoms with Gasteiger partial charge in [0, 0.05) is 16.7 Å². The molecule has 1 heterocycles. The molecule has 1 aromatic rings. The highest BCUT2D eigenvalue weighted by Gasteiger charge is 2.22. The predicted molar refractivity (Wildman–Crippen MR) is 83.0 cm³/mol. The summed E-state index contributed by atoms with van der Waals surface area (Å²) in [5.41, 5.74) is 1.41. The molecule has 3 heteroatoms. The Morgan fingerprint density at radius 2 is 2.24 bits per heavy atom. The molecule has 1 N–H and O–H groups in total. The van der Waals surface area contributed by atoms with E-state index in [2.05, 4.69) is 6.58 Å². The number of ketones is 1. The number of hydrogen-bond acceptors (Lipinski definition) is 3. The zero-order valence-electron chi connectivity index (χ0n) is 11.7. The number of hydrogen-bond donors (Lipinski definition) is 1. The van der Waals surface area contributed by atoms with Crippen LogP contribution in [0.25, 0.3) is 0 Å². The summed E-state index contributed by atoms with van der Waals surface area (Å²) in [6.07, 6.45) is 13.4. The first-order chi connectivity index (χ1) is 10.2. The highest BCUT2D eigenvalue weighted by atomic mass is 16.3. The third-order valence-corrected chi connectivity index (χ3v) is 3.02. The van der Waals surface area contributed by atoms with E-state index in [0.29, 0.717) is 16.7 Å². The molecule has 2 rings (SSSR count).